The summed E-state index contributed by atoms with van der Waals surface area (Å²) in [4.78, 5) is 23.7. The Bertz CT molecular complexity index is 1120. The Kier molecular flexibility index (Phi) is 6.49. The van der Waals surface area contributed by atoms with E-state index in [-0.39, 0.29) is 17.4 Å². The molecule has 3 aromatic rings. The molecule has 2 aromatic heterocycles. The summed E-state index contributed by atoms with van der Waals surface area (Å²) in [6.45, 7) is 1.70. The summed E-state index contributed by atoms with van der Waals surface area (Å²) in [6, 6.07) is 7.71. The number of halogens is 3. The van der Waals surface area contributed by atoms with Crippen LogP contribution in [0.15, 0.2) is 61.1 Å². The predicted octanol–water partition coefficient (Wildman–Crippen LogP) is 5.15. The van der Waals surface area contributed by atoms with Gasteiger partial charge in [0.05, 0.1) is 25.2 Å². The Labute approximate surface area is 176 Å². The van der Waals surface area contributed by atoms with Crippen LogP contribution in [0.3, 0.4) is 0 Å². The van der Waals surface area contributed by atoms with Crippen LogP contribution < -0.4 is 15.4 Å². The van der Waals surface area contributed by atoms with Gasteiger partial charge in [-0.05, 0) is 25.1 Å². The van der Waals surface area contributed by atoms with Crippen molar-refractivity contribution in [3.05, 3.63) is 72.2 Å². The van der Waals surface area contributed by atoms with E-state index >= 15 is 0 Å². The molecule has 0 aliphatic heterocycles. The van der Waals surface area contributed by atoms with Gasteiger partial charge in [-0.25, -0.2) is 4.98 Å². The van der Waals surface area contributed by atoms with Crippen molar-refractivity contribution in [2.24, 2.45) is 0 Å². The van der Waals surface area contributed by atoms with E-state index in [4.69, 9.17) is 4.74 Å². The zero-order valence-electron chi connectivity index (χ0n) is 16.6. The molecule has 0 aliphatic rings. The number of allylic oxidation sites excluding steroid dienone is 2. The van der Waals surface area contributed by atoms with Crippen molar-refractivity contribution < 1.29 is 22.7 Å². The molecule has 1 aromatic carbocycles. The highest BCUT2D eigenvalue weighted by atomic mass is 19.4. The smallest absolute Gasteiger partial charge is 0.421 e. The van der Waals surface area contributed by atoms with Crippen LogP contribution in [0.25, 0.3) is 0 Å². The summed E-state index contributed by atoms with van der Waals surface area (Å²) in [7, 11) is 1.46. The molecule has 0 saturated carbocycles. The number of hydrogen-bond donors (Lipinski definition) is 2. The number of carbonyl (C=O) groups is 1. The second kappa shape index (κ2) is 9.24. The highest BCUT2D eigenvalue weighted by molar-refractivity contribution is 6.05. The summed E-state index contributed by atoms with van der Waals surface area (Å²) in [6.07, 6.45) is 1.88. The van der Waals surface area contributed by atoms with Crippen LogP contribution in [-0.2, 0) is 6.18 Å². The molecule has 2 N–H and O–H groups in total. The normalized spacial score (nSPS) is 11.4. The minimum Gasteiger partial charge on any atom is -0.495 e. The van der Waals surface area contributed by atoms with Crippen molar-refractivity contribution in [1.29, 1.82) is 0 Å². The van der Waals surface area contributed by atoms with Crippen LogP contribution in [0.2, 0.25) is 0 Å². The van der Waals surface area contributed by atoms with Crippen molar-refractivity contribution in [2.75, 3.05) is 17.7 Å². The maximum Gasteiger partial charge on any atom is 0.421 e. The van der Waals surface area contributed by atoms with E-state index in [1.54, 1.807) is 31.2 Å². The number of hydrogen-bond acceptors (Lipinski definition) is 7. The summed E-state index contributed by atoms with van der Waals surface area (Å²) >= 11 is 0. The molecule has 0 fully saturated rings. The Morgan fingerprint density at radius 2 is 1.90 bits per heavy atom. The molecular weight excluding hydrogens is 411 g/mol. The average Bonchev–Trinajstić information content (AvgIpc) is 2.73. The zero-order valence-corrected chi connectivity index (χ0v) is 16.6. The van der Waals surface area contributed by atoms with E-state index in [0.29, 0.717) is 23.2 Å². The standard InChI is InChI=1S/C21H18F3N5O2/c1-3-5-18(30)13-6-4-7-14(8-13)27-19-17(21(22,23)24)12-26-20(29-19)28-15-9-16(31-2)11-25-10-15/h3-12H,1-2H3,(H2,26,27,28,29)/b5-3+. The molecular formula is C21H18F3N5O2. The number of anilines is 4. The number of nitrogens with one attached hydrogen (secondary N) is 2. The summed E-state index contributed by atoms with van der Waals surface area (Å²) in [5, 5.41) is 5.43. The first-order valence-corrected chi connectivity index (χ1v) is 9.04. The van der Waals surface area contributed by atoms with Gasteiger partial charge < -0.3 is 15.4 Å². The van der Waals surface area contributed by atoms with Gasteiger partial charge in [0, 0.05) is 23.5 Å². The fourth-order valence-corrected chi connectivity index (χ4v) is 2.61. The van der Waals surface area contributed by atoms with Gasteiger partial charge in [-0.1, -0.05) is 18.2 Å². The van der Waals surface area contributed by atoms with Gasteiger partial charge >= 0.3 is 6.18 Å². The molecule has 7 nitrogen and oxygen atoms in total. The molecule has 0 bridgehead atoms. The topological polar surface area (TPSA) is 89.0 Å². The predicted molar refractivity (Wildman–Crippen MR) is 110 cm³/mol. The van der Waals surface area contributed by atoms with Crippen molar-refractivity contribution in [1.82, 2.24) is 15.0 Å². The number of alkyl halides is 3. The van der Waals surface area contributed by atoms with E-state index in [2.05, 4.69) is 25.6 Å². The lowest BCUT2D eigenvalue weighted by atomic mass is 10.1. The van der Waals surface area contributed by atoms with Gasteiger partial charge in [0.25, 0.3) is 0 Å². The molecule has 10 heteroatoms. The number of rotatable bonds is 7. The fourth-order valence-electron chi connectivity index (χ4n) is 2.61. The van der Waals surface area contributed by atoms with Crippen LogP contribution in [0.4, 0.5) is 36.3 Å². The lowest BCUT2D eigenvalue weighted by molar-refractivity contribution is -0.137. The molecule has 0 radical (unpaired) electrons. The van der Waals surface area contributed by atoms with Crippen molar-refractivity contribution in [3.63, 3.8) is 0 Å². The number of aromatic nitrogens is 3. The van der Waals surface area contributed by atoms with Crippen molar-refractivity contribution >= 4 is 28.9 Å². The molecule has 0 spiro atoms. The number of carbonyl (C=O) groups excluding carboxylic acids is 1. The molecule has 31 heavy (non-hydrogen) atoms. The highest BCUT2D eigenvalue weighted by Gasteiger charge is 2.35. The first kappa shape index (κ1) is 21.8. The SMILES string of the molecule is C/C=C/C(=O)c1cccc(Nc2nc(Nc3cncc(OC)c3)ncc2C(F)(F)F)c1. The molecule has 160 valence electrons. The largest absolute Gasteiger partial charge is 0.495 e. The number of pyridine rings is 1. The van der Waals surface area contributed by atoms with Crippen LogP contribution >= 0.6 is 0 Å². The third-order valence-corrected chi connectivity index (χ3v) is 4.03. The first-order valence-electron chi connectivity index (χ1n) is 9.04. The number of methoxy groups -OCH3 is 1. The number of nitrogens with zero attached hydrogens (tertiary/aromatic N) is 3. The first-order chi connectivity index (χ1) is 14.8. The van der Waals surface area contributed by atoms with Gasteiger partial charge in [0.2, 0.25) is 5.95 Å². The van der Waals surface area contributed by atoms with Crippen LogP contribution in [0, 0.1) is 0 Å². The van der Waals surface area contributed by atoms with Gasteiger partial charge in [0.15, 0.2) is 5.78 Å². The van der Waals surface area contributed by atoms with Gasteiger partial charge in [-0.15, -0.1) is 0 Å². The number of ether oxygens (including phenoxy) is 1. The molecule has 0 aliphatic carbocycles. The molecule has 0 unspecified atom stereocenters. The maximum atomic E-state index is 13.5. The lowest BCUT2D eigenvalue weighted by Crippen LogP contribution is -2.13. The Balaban J connectivity index is 1.94. The Morgan fingerprint density at radius 3 is 2.61 bits per heavy atom. The van der Waals surface area contributed by atoms with E-state index in [0.717, 1.165) is 0 Å². The molecule has 2 heterocycles. The Morgan fingerprint density at radius 1 is 1.10 bits per heavy atom. The summed E-state index contributed by atoms with van der Waals surface area (Å²) < 4.78 is 45.5. The van der Waals surface area contributed by atoms with E-state index < -0.39 is 17.6 Å². The van der Waals surface area contributed by atoms with E-state index in [1.165, 1.54) is 37.7 Å². The van der Waals surface area contributed by atoms with Crippen LogP contribution in [0.1, 0.15) is 22.8 Å². The highest BCUT2D eigenvalue weighted by Crippen LogP contribution is 2.35. The van der Waals surface area contributed by atoms with Gasteiger partial charge in [0.1, 0.15) is 17.1 Å². The number of ketones is 1. The van der Waals surface area contributed by atoms with Crippen LogP contribution in [-0.4, -0.2) is 27.8 Å². The van der Waals surface area contributed by atoms with E-state index in [1.807, 2.05) is 0 Å². The van der Waals surface area contributed by atoms with Crippen molar-refractivity contribution in [2.45, 2.75) is 13.1 Å². The minimum absolute atomic E-state index is 0.0771. The monoisotopic (exact) mass is 429 g/mol. The zero-order chi connectivity index (χ0) is 22.4. The fraction of sp³-hybridized carbons (Fsp3) is 0.143. The quantitative estimate of drug-likeness (QED) is 0.397. The van der Waals surface area contributed by atoms with Gasteiger partial charge in [-0.2, -0.15) is 18.2 Å². The summed E-state index contributed by atoms with van der Waals surface area (Å²) in [5.74, 6) is -0.348. The second-order valence-corrected chi connectivity index (χ2v) is 6.26. The van der Waals surface area contributed by atoms with Gasteiger partial charge in [-0.3, -0.25) is 9.78 Å². The maximum absolute atomic E-state index is 13.5. The average molecular weight is 429 g/mol. The van der Waals surface area contributed by atoms with Crippen molar-refractivity contribution in [3.8, 4) is 5.75 Å². The molecule has 0 atom stereocenters. The molecule has 0 saturated heterocycles. The third kappa shape index (κ3) is 5.56. The lowest BCUT2D eigenvalue weighted by Gasteiger charge is -2.15. The van der Waals surface area contributed by atoms with Crippen LogP contribution in [0.5, 0.6) is 5.75 Å². The second-order valence-electron chi connectivity index (χ2n) is 6.26. The molecule has 3 rings (SSSR count). The summed E-state index contributed by atoms with van der Waals surface area (Å²) in [5.41, 5.74) is -0.0175. The minimum atomic E-state index is -4.68. The molecule has 0 amide bonds. The third-order valence-electron chi connectivity index (χ3n) is 4.03. The van der Waals surface area contributed by atoms with E-state index in [9.17, 15) is 18.0 Å². The number of benzene rings is 1. The Hall–Kier alpha value is -3.95.